The summed E-state index contributed by atoms with van der Waals surface area (Å²) in [5.41, 5.74) is -0.526. The van der Waals surface area contributed by atoms with Crippen LogP contribution in [-0.2, 0) is 19.1 Å². The molecule has 3 heterocycles. The van der Waals surface area contributed by atoms with Gasteiger partial charge in [-0.25, -0.2) is 0 Å². The summed E-state index contributed by atoms with van der Waals surface area (Å²) in [5.74, 6) is -1.98. The molecule has 2 amide bonds. The van der Waals surface area contributed by atoms with Crippen LogP contribution in [0, 0.1) is 23.2 Å². The van der Waals surface area contributed by atoms with Crippen LogP contribution >= 0.6 is 11.8 Å². The van der Waals surface area contributed by atoms with E-state index in [9.17, 15) is 19.5 Å². The number of likely N-dealkylation sites (tertiary alicyclic amines) is 1. The van der Waals surface area contributed by atoms with Crippen LogP contribution in [0.1, 0.15) is 74.1 Å². The van der Waals surface area contributed by atoms with Gasteiger partial charge in [-0.3, -0.25) is 14.4 Å². The molecule has 8 heteroatoms. The van der Waals surface area contributed by atoms with Crippen molar-refractivity contribution in [3.8, 4) is 0 Å². The third-order valence-corrected chi connectivity index (χ3v) is 10.7. The minimum Gasteiger partial charge on any atom is -0.461 e. The van der Waals surface area contributed by atoms with Crippen molar-refractivity contribution in [3.05, 3.63) is 25.3 Å². The Balaban J connectivity index is 2.14. The Hall–Kier alpha value is -1.80. The Morgan fingerprint density at radius 2 is 1.92 bits per heavy atom. The van der Waals surface area contributed by atoms with Gasteiger partial charge in [0.05, 0.1) is 29.2 Å². The van der Waals surface area contributed by atoms with Gasteiger partial charge in [-0.2, -0.15) is 0 Å². The summed E-state index contributed by atoms with van der Waals surface area (Å²) in [7, 11) is 0. The molecular formula is C30H48N2O5S. The van der Waals surface area contributed by atoms with Gasteiger partial charge in [0.1, 0.15) is 12.6 Å². The molecule has 0 aromatic rings. The highest BCUT2D eigenvalue weighted by Crippen LogP contribution is 2.67. The van der Waals surface area contributed by atoms with Crippen molar-refractivity contribution in [2.45, 2.75) is 102 Å². The number of carbonyl (C=O) groups excluding carboxylic acids is 3. The first-order chi connectivity index (χ1) is 17.7. The smallest absolute Gasteiger partial charge is 0.311 e. The molecule has 2 bridgehead atoms. The number of aliphatic hydroxyl groups excluding tert-OH is 1. The van der Waals surface area contributed by atoms with Gasteiger partial charge in [0.2, 0.25) is 11.8 Å². The van der Waals surface area contributed by atoms with E-state index in [4.69, 9.17) is 4.74 Å². The van der Waals surface area contributed by atoms with Crippen molar-refractivity contribution in [2.75, 3.05) is 19.8 Å². The van der Waals surface area contributed by atoms with Crippen molar-refractivity contribution < 1.29 is 24.2 Å². The molecule has 7 atom stereocenters. The second-order valence-electron chi connectivity index (χ2n) is 13.1. The lowest BCUT2D eigenvalue weighted by molar-refractivity contribution is -0.154. The molecule has 2 unspecified atom stereocenters. The molecule has 7 nitrogen and oxygen atoms in total. The van der Waals surface area contributed by atoms with Crippen LogP contribution in [-0.4, -0.2) is 80.1 Å². The highest BCUT2D eigenvalue weighted by Gasteiger charge is 2.75. The lowest BCUT2D eigenvalue weighted by atomic mass is 9.71. The third-order valence-electron chi connectivity index (χ3n) is 8.70. The summed E-state index contributed by atoms with van der Waals surface area (Å²) < 4.78 is 4.74. The molecule has 0 saturated carbocycles. The number of carbonyl (C=O) groups is 3. The van der Waals surface area contributed by atoms with Gasteiger partial charge in [-0.15, -0.1) is 18.3 Å². The molecular weight excluding hydrogens is 500 g/mol. The van der Waals surface area contributed by atoms with Crippen molar-refractivity contribution in [1.82, 2.24) is 9.80 Å². The highest BCUT2D eigenvalue weighted by atomic mass is 32.2. The van der Waals surface area contributed by atoms with E-state index >= 15 is 0 Å². The number of hydrogen-bond donors (Lipinski definition) is 1. The number of esters is 1. The number of rotatable bonds is 12. The first-order valence-corrected chi connectivity index (χ1v) is 14.9. The number of nitrogens with zero attached hydrogens (tertiary/aromatic N) is 2. The molecule has 0 radical (unpaired) electrons. The Kier molecular flexibility index (Phi) is 9.19. The van der Waals surface area contributed by atoms with Crippen LogP contribution < -0.4 is 0 Å². The van der Waals surface area contributed by atoms with Gasteiger partial charge in [-0.05, 0) is 44.4 Å². The molecule has 3 rings (SSSR count). The number of ether oxygens (including phenoxy) is 1. The highest BCUT2D eigenvalue weighted by molar-refractivity contribution is 8.02. The van der Waals surface area contributed by atoms with Crippen molar-refractivity contribution in [2.24, 2.45) is 23.2 Å². The van der Waals surface area contributed by atoms with E-state index in [1.807, 2.05) is 18.7 Å². The normalized spacial score (nSPS) is 30.1. The SMILES string of the molecule is C=CCOC(=O)[C@@H]1[C@@H]2CCC3(S2)C(C(=O)N(CC=C)C(C)(C)CC(C)(C)C)N([C@@H](CO)[C@@H](C)CC)C(=O)[C@H]13. The predicted octanol–water partition coefficient (Wildman–Crippen LogP) is 4.44. The minimum atomic E-state index is -0.766. The molecule has 3 aliphatic heterocycles. The number of thioether (sulfide) groups is 1. The van der Waals surface area contributed by atoms with E-state index < -0.39 is 40.2 Å². The molecule has 0 aromatic heterocycles. The average Bonchev–Trinajstić information content (AvgIpc) is 3.47. The molecule has 0 aromatic carbocycles. The second-order valence-corrected chi connectivity index (χ2v) is 14.7. The maximum atomic E-state index is 14.8. The summed E-state index contributed by atoms with van der Waals surface area (Å²) >= 11 is 1.63. The number of aliphatic hydroxyl groups is 1. The molecule has 1 spiro atoms. The zero-order chi connectivity index (χ0) is 28.6. The zero-order valence-electron chi connectivity index (χ0n) is 24.4. The lowest BCUT2D eigenvalue weighted by Gasteiger charge is -2.47. The third kappa shape index (κ3) is 5.32. The summed E-state index contributed by atoms with van der Waals surface area (Å²) in [6.45, 7) is 22.4. The fourth-order valence-corrected chi connectivity index (χ4v) is 9.54. The number of amides is 2. The quantitative estimate of drug-likeness (QED) is 0.287. The fourth-order valence-electron chi connectivity index (χ4n) is 7.35. The first-order valence-electron chi connectivity index (χ1n) is 14.0. The largest absolute Gasteiger partial charge is 0.461 e. The fraction of sp³-hybridized carbons (Fsp3) is 0.767. The Morgan fingerprint density at radius 1 is 1.26 bits per heavy atom. The number of hydrogen-bond acceptors (Lipinski definition) is 6. The van der Waals surface area contributed by atoms with E-state index in [0.29, 0.717) is 13.0 Å². The molecule has 214 valence electrons. The Bertz CT molecular complexity index is 943. The van der Waals surface area contributed by atoms with E-state index in [1.165, 1.54) is 6.08 Å². The van der Waals surface area contributed by atoms with Gasteiger partial charge < -0.3 is 19.6 Å². The van der Waals surface area contributed by atoms with E-state index in [2.05, 4.69) is 47.8 Å². The van der Waals surface area contributed by atoms with Gasteiger partial charge in [0.25, 0.3) is 0 Å². The standard InChI is InChI=1S/C30H48N2O5S/c1-10-15-31(29(8,9)18-28(5,6)7)26(35)24-30-14-13-21(38-30)22(27(36)37-16-11-2)23(30)25(34)32(24)20(17-33)19(4)12-3/h10-11,19-24,33H,1-2,12-18H2,3-9H3/t19-,20-,21-,22+,23-,24?,30?/m0/s1. The maximum absolute atomic E-state index is 14.8. The molecule has 3 fully saturated rings. The van der Waals surface area contributed by atoms with Crippen LogP contribution in [0.25, 0.3) is 0 Å². The maximum Gasteiger partial charge on any atom is 0.311 e. The average molecular weight is 549 g/mol. The van der Waals surface area contributed by atoms with E-state index in [-0.39, 0.29) is 41.6 Å². The molecule has 0 aliphatic carbocycles. The van der Waals surface area contributed by atoms with Gasteiger partial charge in [0, 0.05) is 17.3 Å². The first kappa shape index (κ1) is 30.7. The van der Waals surface area contributed by atoms with Gasteiger partial charge >= 0.3 is 5.97 Å². The van der Waals surface area contributed by atoms with Crippen LogP contribution in [0.3, 0.4) is 0 Å². The molecule has 38 heavy (non-hydrogen) atoms. The van der Waals surface area contributed by atoms with Gasteiger partial charge in [0.15, 0.2) is 0 Å². The topological polar surface area (TPSA) is 87.2 Å². The van der Waals surface area contributed by atoms with Crippen molar-refractivity contribution in [3.63, 3.8) is 0 Å². The van der Waals surface area contributed by atoms with Crippen molar-refractivity contribution in [1.29, 1.82) is 0 Å². The summed E-state index contributed by atoms with van der Waals surface area (Å²) in [5, 5.41) is 10.5. The van der Waals surface area contributed by atoms with Crippen molar-refractivity contribution >= 4 is 29.5 Å². The van der Waals surface area contributed by atoms with Gasteiger partial charge in [-0.1, -0.05) is 59.8 Å². The number of fused-ring (bicyclic) bond motifs is 1. The van der Waals surface area contributed by atoms with E-state index in [1.54, 1.807) is 22.7 Å². The van der Waals surface area contributed by atoms with Crippen LogP contribution in [0.5, 0.6) is 0 Å². The second kappa shape index (κ2) is 11.4. The molecule has 3 aliphatic rings. The summed E-state index contributed by atoms with van der Waals surface area (Å²) in [4.78, 5) is 45.9. The zero-order valence-corrected chi connectivity index (χ0v) is 25.2. The lowest BCUT2D eigenvalue weighted by Crippen LogP contribution is -2.62. The monoisotopic (exact) mass is 548 g/mol. The predicted molar refractivity (Wildman–Crippen MR) is 153 cm³/mol. The summed E-state index contributed by atoms with van der Waals surface area (Å²) in [6.07, 6.45) is 6.21. The Labute approximate surface area is 233 Å². The van der Waals surface area contributed by atoms with E-state index in [0.717, 1.165) is 19.3 Å². The van der Waals surface area contributed by atoms with Crippen LogP contribution in [0.2, 0.25) is 0 Å². The Morgan fingerprint density at radius 3 is 2.45 bits per heavy atom. The molecule has 1 N–H and O–H groups in total. The molecule has 3 saturated heterocycles. The summed E-state index contributed by atoms with van der Waals surface area (Å²) in [6, 6.07) is -1.28. The van der Waals surface area contributed by atoms with Crippen LogP contribution in [0.4, 0.5) is 0 Å². The van der Waals surface area contributed by atoms with Crippen LogP contribution in [0.15, 0.2) is 25.3 Å². The minimum absolute atomic E-state index is 0.0155.